The van der Waals surface area contributed by atoms with Crippen LogP contribution in [0, 0.1) is 5.92 Å². The quantitative estimate of drug-likeness (QED) is 0.499. The van der Waals surface area contributed by atoms with E-state index in [4.69, 9.17) is 17.3 Å². The van der Waals surface area contributed by atoms with Crippen LogP contribution >= 0.6 is 11.6 Å². The van der Waals surface area contributed by atoms with Gasteiger partial charge < -0.3 is 21.7 Å². The lowest BCUT2D eigenvalue weighted by Crippen LogP contribution is -2.48. The van der Waals surface area contributed by atoms with E-state index >= 15 is 0 Å². The van der Waals surface area contributed by atoms with E-state index in [1.165, 1.54) is 0 Å². The highest BCUT2D eigenvalue weighted by molar-refractivity contribution is 6.30. The van der Waals surface area contributed by atoms with Crippen molar-refractivity contribution in [3.63, 3.8) is 0 Å². The summed E-state index contributed by atoms with van der Waals surface area (Å²) >= 11 is 6.11. The molecule has 0 fully saturated rings. The number of carbonyl (C=O) groups is 2. The van der Waals surface area contributed by atoms with Crippen molar-refractivity contribution in [2.24, 2.45) is 5.92 Å². The zero-order chi connectivity index (χ0) is 21.4. The molecule has 2 amide bonds. The first-order valence-electron chi connectivity index (χ1n) is 9.50. The van der Waals surface area contributed by atoms with Gasteiger partial charge in [-0.3, -0.25) is 9.59 Å². The van der Waals surface area contributed by atoms with E-state index < -0.39 is 5.92 Å². The summed E-state index contributed by atoms with van der Waals surface area (Å²) in [5.74, 6) is -0.399. The van der Waals surface area contributed by atoms with Crippen molar-refractivity contribution < 1.29 is 9.59 Å². The molecule has 2 atom stereocenters. The number of hydrogen-bond donors (Lipinski definition) is 4. The Hall–Kier alpha value is -2.64. The highest BCUT2D eigenvalue weighted by Crippen LogP contribution is 2.20. The zero-order valence-electron chi connectivity index (χ0n) is 16.9. The Morgan fingerprint density at radius 1 is 1.14 bits per heavy atom. The van der Waals surface area contributed by atoms with E-state index in [1.807, 2.05) is 19.9 Å². The lowest BCUT2D eigenvalue weighted by molar-refractivity contribution is -0.125. The maximum absolute atomic E-state index is 12.9. The van der Waals surface area contributed by atoms with Crippen LogP contribution < -0.4 is 21.7 Å². The van der Waals surface area contributed by atoms with Crippen LogP contribution in [0.2, 0.25) is 5.02 Å². The van der Waals surface area contributed by atoms with Crippen LogP contribution in [0.1, 0.15) is 30.9 Å². The Bertz CT molecular complexity index is 826. The summed E-state index contributed by atoms with van der Waals surface area (Å²) in [5, 5.41) is 9.32. The van der Waals surface area contributed by atoms with Gasteiger partial charge in [0.05, 0.1) is 12.0 Å². The molecule has 0 radical (unpaired) electrons. The predicted molar refractivity (Wildman–Crippen MR) is 115 cm³/mol. The van der Waals surface area contributed by atoms with Gasteiger partial charge in [-0.1, -0.05) is 43.6 Å². The number of likely N-dealkylation sites (N-methyl/N-ethyl adjacent to an activating group) is 1. The van der Waals surface area contributed by atoms with Gasteiger partial charge >= 0.3 is 0 Å². The van der Waals surface area contributed by atoms with Gasteiger partial charge in [-0.15, -0.1) is 0 Å². The molecule has 1 aromatic heterocycles. The van der Waals surface area contributed by atoms with Crippen molar-refractivity contribution in [3.05, 3.63) is 58.7 Å². The Labute approximate surface area is 176 Å². The van der Waals surface area contributed by atoms with E-state index in [-0.39, 0.29) is 30.3 Å². The summed E-state index contributed by atoms with van der Waals surface area (Å²) in [7, 11) is 1.74. The molecule has 0 aliphatic heterocycles. The Morgan fingerprint density at radius 3 is 2.48 bits per heavy atom. The number of carbonyl (C=O) groups excluding carboxylic acids is 2. The van der Waals surface area contributed by atoms with Crippen molar-refractivity contribution in [1.29, 1.82) is 0 Å². The molecule has 0 spiro atoms. The maximum Gasteiger partial charge on any atom is 0.237 e. The molecule has 2 rings (SSSR count). The number of benzene rings is 1. The first kappa shape index (κ1) is 22.6. The van der Waals surface area contributed by atoms with Crippen molar-refractivity contribution in [2.45, 2.75) is 32.4 Å². The van der Waals surface area contributed by atoms with Crippen LogP contribution in [-0.2, 0) is 16.1 Å². The van der Waals surface area contributed by atoms with Crippen molar-refractivity contribution in [2.75, 3.05) is 19.3 Å². The van der Waals surface area contributed by atoms with Crippen molar-refractivity contribution in [1.82, 2.24) is 20.9 Å². The molecule has 0 unspecified atom stereocenters. The third-order valence-corrected chi connectivity index (χ3v) is 4.86. The molecule has 2 aromatic rings. The van der Waals surface area contributed by atoms with Crippen molar-refractivity contribution in [3.8, 4) is 0 Å². The highest BCUT2D eigenvalue weighted by atomic mass is 35.5. The second-order valence-corrected chi connectivity index (χ2v) is 7.61. The fraction of sp³-hybridized carbons (Fsp3) is 0.381. The standard InChI is InChI=1S/C21H28ClN5O2/c1-13(2)19(24-3)21(29)27-12-17(15-5-4-6-16(22)9-15)20(28)26-11-14-7-8-18(23)25-10-14/h4-10,13,17,19,24H,11-12H2,1-3H3,(H2,23,25)(H,26,28)(H,27,29)/t17-,19+/m0/s1. The molecule has 156 valence electrons. The molecule has 0 saturated carbocycles. The van der Waals surface area contributed by atoms with E-state index in [0.29, 0.717) is 17.4 Å². The van der Waals surface area contributed by atoms with Crippen LogP contribution in [-0.4, -0.2) is 36.4 Å². The van der Waals surface area contributed by atoms with Gasteiger partial charge in [0.25, 0.3) is 0 Å². The van der Waals surface area contributed by atoms with Gasteiger partial charge in [0, 0.05) is 24.3 Å². The van der Waals surface area contributed by atoms with Gasteiger partial charge in [0.2, 0.25) is 11.8 Å². The average Bonchev–Trinajstić information content (AvgIpc) is 2.68. The molecule has 1 aromatic carbocycles. The third-order valence-electron chi connectivity index (χ3n) is 4.62. The Kier molecular flexibility index (Phi) is 8.42. The van der Waals surface area contributed by atoms with Gasteiger partial charge in [0.1, 0.15) is 5.82 Å². The maximum atomic E-state index is 12.9. The van der Waals surface area contributed by atoms with E-state index in [2.05, 4.69) is 20.9 Å². The lowest BCUT2D eigenvalue weighted by Gasteiger charge is -2.22. The van der Waals surface area contributed by atoms with Crippen LogP contribution in [0.5, 0.6) is 0 Å². The molecule has 8 heteroatoms. The summed E-state index contributed by atoms with van der Waals surface area (Å²) in [4.78, 5) is 29.4. The SMILES string of the molecule is CN[C@@H](C(=O)NC[C@H](C(=O)NCc1ccc(N)nc1)c1cccc(Cl)c1)C(C)C. The summed E-state index contributed by atoms with van der Waals surface area (Å²) < 4.78 is 0. The number of amides is 2. The normalized spacial score (nSPS) is 13.0. The molecular weight excluding hydrogens is 390 g/mol. The molecule has 1 heterocycles. The second-order valence-electron chi connectivity index (χ2n) is 7.17. The molecule has 0 aliphatic carbocycles. The minimum atomic E-state index is -0.580. The summed E-state index contributed by atoms with van der Waals surface area (Å²) in [5.41, 5.74) is 7.15. The van der Waals surface area contributed by atoms with Crippen LogP contribution in [0.15, 0.2) is 42.6 Å². The van der Waals surface area contributed by atoms with Gasteiger partial charge in [0.15, 0.2) is 0 Å². The lowest BCUT2D eigenvalue weighted by atomic mass is 9.97. The number of nitrogen functional groups attached to an aromatic ring is 1. The first-order chi connectivity index (χ1) is 13.8. The summed E-state index contributed by atoms with van der Waals surface area (Å²) in [6.45, 7) is 4.39. The number of nitrogens with one attached hydrogen (secondary N) is 3. The van der Waals surface area contributed by atoms with E-state index in [1.54, 1.807) is 43.6 Å². The van der Waals surface area contributed by atoms with E-state index in [0.717, 1.165) is 11.1 Å². The monoisotopic (exact) mass is 417 g/mol. The highest BCUT2D eigenvalue weighted by Gasteiger charge is 2.25. The molecular formula is C21H28ClN5O2. The van der Waals surface area contributed by atoms with Gasteiger partial charge in [-0.2, -0.15) is 0 Å². The number of pyridine rings is 1. The fourth-order valence-corrected chi connectivity index (χ4v) is 3.22. The molecule has 0 aliphatic rings. The average molecular weight is 418 g/mol. The molecule has 5 N–H and O–H groups in total. The van der Waals surface area contributed by atoms with E-state index in [9.17, 15) is 9.59 Å². The van der Waals surface area contributed by atoms with Crippen LogP contribution in [0.4, 0.5) is 5.82 Å². The largest absolute Gasteiger partial charge is 0.384 e. The number of aromatic nitrogens is 1. The van der Waals surface area contributed by atoms with Crippen molar-refractivity contribution >= 4 is 29.2 Å². The molecule has 0 saturated heterocycles. The van der Waals surface area contributed by atoms with Gasteiger partial charge in [-0.05, 0) is 42.3 Å². The van der Waals surface area contributed by atoms with Crippen LogP contribution in [0.3, 0.4) is 0 Å². The number of nitrogens with two attached hydrogens (primary N) is 1. The Balaban J connectivity index is 2.11. The minimum Gasteiger partial charge on any atom is -0.384 e. The van der Waals surface area contributed by atoms with Crippen LogP contribution in [0.25, 0.3) is 0 Å². The fourth-order valence-electron chi connectivity index (χ4n) is 3.02. The molecule has 29 heavy (non-hydrogen) atoms. The number of rotatable bonds is 9. The topological polar surface area (TPSA) is 109 Å². The zero-order valence-corrected chi connectivity index (χ0v) is 17.7. The third kappa shape index (κ3) is 6.73. The first-order valence-corrected chi connectivity index (χ1v) is 9.88. The Morgan fingerprint density at radius 2 is 1.90 bits per heavy atom. The molecule has 0 bridgehead atoms. The summed E-state index contributed by atoms with van der Waals surface area (Å²) in [6, 6.07) is 10.2. The number of hydrogen-bond acceptors (Lipinski definition) is 5. The van der Waals surface area contributed by atoms with Gasteiger partial charge in [-0.25, -0.2) is 4.98 Å². The number of halogens is 1. The predicted octanol–water partition coefficient (Wildman–Crippen LogP) is 2.08. The second kappa shape index (κ2) is 10.8. The number of anilines is 1. The number of nitrogens with zero attached hydrogens (tertiary/aromatic N) is 1. The smallest absolute Gasteiger partial charge is 0.237 e. The summed E-state index contributed by atoms with van der Waals surface area (Å²) in [6.07, 6.45) is 1.62. The minimum absolute atomic E-state index is 0.122. The molecule has 7 nitrogen and oxygen atoms in total.